The van der Waals surface area contributed by atoms with E-state index < -0.39 is 11.9 Å². The Morgan fingerprint density at radius 2 is 2.00 bits per heavy atom. The summed E-state index contributed by atoms with van der Waals surface area (Å²) in [6, 6.07) is 10.9. The minimum atomic E-state index is -0.679. The number of aliphatic imine (C=N–C) groups is 1. The van der Waals surface area contributed by atoms with E-state index in [1.54, 1.807) is 49.6 Å². The first-order valence-electron chi connectivity index (χ1n) is 8.69. The summed E-state index contributed by atoms with van der Waals surface area (Å²) < 4.78 is 9.92. The van der Waals surface area contributed by atoms with Gasteiger partial charge in [-0.05, 0) is 42.6 Å². The smallest absolute Gasteiger partial charge is 0.311 e. The van der Waals surface area contributed by atoms with Crippen LogP contribution in [-0.2, 0) is 20.9 Å². The van der Waals surface area contributed by atoms with Crippen molar-refractivity contribution in [1.29, 1.82) is 0 Å². The van der Waals surface area contributed by atoms with Crippen molar-refractivity contribution in [2.24, 2.45) is 16.0 Å². The monoisotopic (exact) mass is 399 g/mol. The fourth-order valence-electron chi connectivity index (χ4n) is 2.88. The number of hydrogen-bond donors (Lipinski definition) is 0. The van der Waals surface area contributed by atoms with Crippen LogP contribution in [0.1, 0.15) is 18.2 Å². The molecule has 0 saturated carbocycles. The second kappa shape index (κ2) is 8.79. The molecule has 0 fully saturated rings. The molecule has 1 amide bonds. The lowest BCUT2D eigenvalue weighted by atomic mass is 9.96. The first-order chi connectivity index (χ1) is 13.5. The largest absolute Gasteiger partial charge is 0.497 e. The maximum Gasteiger partial charge on any atom is 0.311 e. The zero-order valence-corrected chi connectivity index (χ0v) is 16.7. The van der Waals surface area contributed by atoms with Crippen LogP contribution in [0.15, 0.2) is 51.9 Å². The van der Waals surface area contributed by atoms with Gasteiger partial charge in [-0.1, -0.05) is 6.07 Å². The molecule has 2 aromatic rings. The molecule has 0 saturated heterocycles. The highest BCUT2D eigenvalue weighted by molar-refractivity contribution is 7.09. The quantitative estimate of drug-likeness (QED) is 0.528. The van der Waals surface area contributed by atoms with Crippen LogP contribution in [0.2, 0.25) is 0 Å². The van der Waals surface area contributed by atoms with E-state index in [-0.39, 0.29) is 12.3 Å². The van der Waals surface area contributed by atoms with Gasteiger partial charge >= 0.3 is 5.97 Å². The first kappa shape index (κ1) is 19.8. The number of thiophene rings is 1. The van der Waals surface area contributed by atoms with Crippen LogP contribution in [0.3, 0.4) is 0 Å². The molecule has 0 bridgehead atoms. The third-order valence-corrected chi connectivity index (χ3v) is 5.23. The minimum Gasteiger partial charge on any atom is -0.497 e. The zero-order valence-electron chi connectivity index (χ0n) is 15.9. The molecule has 1 aliphatic heterocycles. The number of hydrazone groups is 1. The topological polar surface area (TPSA) is 80.6 Å². The predicted octanol–water partition coefficient (Wildman–Crippen LogP) is 3.30. The molecule has 0 aliphatic carbocycles. The lowest BCUT2D eigenvalue weighted by molar-refractivity contribution is -0.139. The fourth-order valence-corrected chi connectivity index (χ4v) is 3.51. The van der Waals surface area contributed by atoms with E-state index in [4.69, 9.17) is 9.47 Å². The number of esters is 1. The third-order valence-electron chi connectivity index (χ3n) is 4.37. The number of hydrogen-bond acceptors (Lipinski definition) is 7. The van der Waals surface area contributed by atoms with Crippen LogP contribution in [0.5, 0.6) is 5.75 Å². The van der Waals surface area contributed by atoms with E-state index in [1.165, 1.54) is 12.1 Å². The maximum atomic E-state index is 13.1. The van der Waals surface area contributed by atoms with Gasteiger partial charge in [-0.25, -0.2) is 0 Å². The molecule has 7 nitrogen and oxygen atoms in total. The number of carbonyl (C=O) groups is 2. The van der Waals surface area contributed by atoms with Crippen LogP contribution in [0.4, 0.5) is 5.69 Å². The van der Waals surface area contributed by atoms with Gasteiger partial charge in [0.15, 0.2) is 0 Å². The third kappa shape index (κ3) is 4.28. The van der Waals surface area contributed by atoms with Crippen LogP contribution in [-0.4, -0.2) is 37.5 Å². The van der Waals surface area contributed by atoms with Gasteiger partial charge in [0.05, 0.1) is 38.6 Å². The van der Waals surface area contributed by atoms with Gasteiger partial charge in [-0.2, -0.15) is 10.1 Å². The predicted molar refractivity (Wildman–Crippen MR) is 109 cm³/mol. The van der Waals surface area contributed by atoms with E-state index in [1.807, 2.05) is 17.5 Å². The lowest BCUT2D eigenvalue weighted by Crippen LogP contribution is -2.33. The first-order valence-corrected chi connectivity index (χ1v) is 9.57. The number of ether oxygens (including phenoxy) is 2. The van der Waals surface area contributed by atoms with Crippen molar-refractivity contribution in [3.8, 4) is 5.75 Å². The summed E-state index contributed by atoms with van der Waals surface area (Å²) in [4.78, 5) is 30.6. The fraction of sp³-hybridized carbons (Fsp3) is 0.300. The van der Waals surface area contributed by atoms with Gasteiger partial charge < -0.3 is 9.47 Å². The Balaban J connectivity index is 1.88. The molecule has 1 aromatic carbocycles. The normalized spacial score (nSPS) is 16.9. The Labute approximate surface area is 167 Å². The molecule has 146 valence electrons. The average Bonchev–Trinajstić information content (AvgIpc) is 3.34. The van der Waals surface area contributed by atoms with E-state index >= 15 is 0 Å². The SMILES string of the molecule is COC(=O)CC1=NN(c2ccc(OC)cc2)C(=O)C1C(C)=NCc1cccs1. The number of benzene rings is 1. The average molecular weight is 399 g/mol. The Kier molecular flexibility index (Phi) is 6.20. The summed E-state index contributed by atoms with van der Waals surface area (Å²) in [5.74, 6) is -0.684. The molecule has 0 N–H and O–H groups in total. The van der Waals surface area contributed by atoms with Gasteiger partial charge in [-0.15, -0.1) is 11.3 Å². The molecule has 1 aromatic heterocycles. The molecule has 1 aliphatic rings. The highest BCUT2D eigenvalue weighted by Gasteiger charge is 2.39. The Morgan fingerprint density at radius 3 is 2.61 bits per heavy atom. The Hall–Kier alpha value is -3.00. The number of rotatable bonds is 7. The number of carbonyl (C=O) groups excluding carboxylic acids is 2. The van der Waals surface area contributed by atoms with Crippen LogP contribution >= 0.6 is 11.3 Å². The van der Waals surface area contributed by atoms with Crippen molar-refractivity contribution in [1.82, 2.24) is 0 Å². The van der Waals surface area contributed by atoms with E-state index in [2.05, 4.69) is 10.1 Å². The highest BCUT2D eigenvalue weighted by Crippen LogP contribution is 2.28. The summed E-state index contributed by atoms with van der Waals surface area (Å²) in [5.41, 5.74) is 1.65. The van der Waals surface area contributed by atoms with Crippen LogP contribution in [0, 0.1) is 5.92 Å². The molecular formula is C20H21N3O4S. The standard InChI is InChI=1S/C20H21N3O4S/c1-13(21-12-16-5-4-10-28-16)19-17(11-18(24)27-3)22-23(20(19)25)14-6-8-15(26-2)9-7-14/h4-10,19H,11-12H2,1-3H3. The number of nitrogens with zero attached hydrogens (tertiary/aromatic N) is 3. The van der Waals surface area contributed by atoms with E-state index in [9.17, 15) is 9.59 Å². The van der Waals surface area contributed by atoms with Crippen molar-refractivity contribution < 1.29 is 19.1 Å². The summed E-state index contributed by atoms with van der Waals surface area (Å²) in [5, 5.41) is 7.71. The van der Waals surface area contributed by atoms with Crippen molar-refractivity contribution >= 4 is 40.3 Å². The molecule has 0 radical (unpaired) electrons. The van der Waals surface area contributed by atoms with Crippen molar-refractivity contribution in [2.75, 3.05) is 19.2 Å². The highest BCUT2D eigenvalue weighted by atomic mass is 32.1. The van der Waals surface area contributed by atoms with Gasteiger partial charge in [0, 0.05) is 10.6 Å². The maximum absolute atomic E-state index is 13.1. The number of amides is 1. The molecule has 8 heteroatoms. The van der Waals surface area contributed by atoms with Crippen LogP contribution < -0.4 is 9.75 Å². The second-order valence-electron chi connectivity index (χ2n) is 6.16. The lowest BCUT2D eigenvalue weighted by Gasteiger charge is -2.15. The molecule has 1 atom stereocenters. The van der Waals surface area contributed by atoms with Crippen molar-refractivity contribution in [3.63, 3.8) is 0 Å². The molecule has 3 rings (SSSR count). The van der Waals surface area contributed by atoms with Crippen LogP contribution in [0.25, 0.3) is 0 Å². The molecule has 0 spiro atoms. The summed E-state index contributed by atoms with van der Waals surface area (Å²) in [7, 11) is 2.89. The van der Waals surface area contributed by atoms with Gasteiger partial charge in [-0.3, -0.25) is 14.6 Å². The molecule has 28 heavy (non-hydrogen) atoms. The minimum absolute atomic E-state index is 0.0641. The molecular weight excluding hydrogens is 378 g/mol. The summed E-state index contributed by atoms with van der Waals surface area (Å²) in [6.45, 7) is 2.28. The molecule has 2 heterocycles. The Morgan fingerprint density at radius 1 is 1.25 bits per heavy atom. The second-order valence-corrected chi connectivity index (χ2v) is 7.19. The number of methoxy groups -OCH3 is 2. The number of anilines is 1. The van der Waals surface area contributed by atoms with E-state index in [0.29, 0.717) is 29.4 Å². The summed E-state index contributed by atoms with van der Waals surface area (Å²) >= 11 is 1.61. The Bertz CT molecular complexity index is 904. The van der Waals surface area contributed by atoms with Gasteiger partial charge in [0.1, 0.15) is 11.7 Å². The molecule has 1 unspecified atom stereocenters. The van der Waals surface area contributed by atoms with Gasteiger partial charge in [0.25, 0.3) is 5.91 Å². The van der Waals surface area contributed by atoms with Crippen molar-refractivity contribution in [2.45, 2.75) is 19.9 Å². The zero-order chi connectivity index (χ0) is 20.1. The van der Waals surface area contributed by atoms with Crippen molar-refractivity contribution in [3.05, 3.63) is 46.7 Å². The summed E-state index contributed by atoms with van der Waals surface area (Å²) in [6.07, 6.45) is -0.0641. The van der Waals surface area contributed by atoms with E-state index in [0.717, 1.165) is 4.88 Å². The van der Waals surface area contributed by atoms with Gasteiger partial charge in [0.2, 0.25) is 0 Å².